The summed E-state index contributed by atoms with van der Waals surface area (Å²) in [5, 5.41) is 22.7. The lowest BCUT2D eigenvalue weighted by atomic mass is 9.88. The minimum Gasteiger partial charge on any atom is -0.480 e. The molecule has 2 aromatic carbocycles. The zero-order valence-corrected chi connectivity index (χ0v) is 17.2. The van der Waals surface area contributed by atoms with Gasteiger partial charge in [0.1, 0.15) is 6.04 Å². The minimum absolute atomic E-state index is 0.0190. The molecule has 176 valence electrons. The first kappa shape index (κ1) is 25.3. The number of esters is 1. The number of nitrogens with one attached hydrogen (secondary N) is 1. The molecular formula is C21H19F3N2O7. The van der Waals surface area contributed by atoms with Gasteiger partial charge in [-0.25, -0.2) is 4.79 Å². The molecule has 1 amide bonds. The summed E-state index contributed by atoms with van der Waals surface area (Å²) >= 11 is 0. The summed E-state index contributed by atoms with van der Waals surface area (Å²) < 4.78 is 44.7. The Labute approximate surface area is 185 Å². The molecule has 0 saturated heterocycles. The topological polar surface area (TPSA) is 136 Å². The van der Waals surface area contributed by atoms with Gasteiger partial charge in [-0.2, -0.15) is 13.2 Å². The van der Waals surface area contributed by atoms with E-state index in [4.69, 9.17) is 4.74 Å². The molecule has 2 rings (SSSR count). The molecule has 0 heterocycles. The van der Waals surface area contributed by atoms with Crippen molar-refractivity contribution < 1.29 is 42.3 Å². The van der Waals surface area contributed by atoms with Crippen LogP contribution in [0.3, 0.4) is 0 Å². The average Bonchev–Trinajstić information content (AvgIpc) is 2.75. The van der Waals surface area contributed by atoms with Crippen molar-refractivity contribution in [2.75, 3.05) is 6.61 Å². The van der Waals surface area contributed by atoms with Crippen molar-refractivity contribution in [1.82, 2.24) is 5.32 Å². The number of carboxylic acid groups (broad SMARTS) is 1. The number of nitro benzene ring substituents is 1. The highest BCUT2D eigenvalue weighted by Gasteiger charge is 2.38. The first-order chi connectivity index (χ1) is 15.5. The van der Waals surface area contributed by atoms with Crippen molar-refractivity contribution in [1.29, 1.82) is 0 Å². The third-order valence-corrected chi connectivity index (χ3v) is 4.66. The molecule has 0 saturated carbocycles. The van der Waals surface area contributed by atoms with Crippen molar-refractivity contribution >= 4 is 23.5 Å². The summed E-state index contributed by atoms with van der Waals surface area (Å²) in [4.78, 5) is 46.9. The number of nitro groups is 1. The van der Waals surface area contributed by atoms with Gasteiger partial charge >= 0.3 is 18.1 Å². The Kier molecular flexibility index (Phi) is 8.10. The van der Waals surface area contributed by atoms with Crippen LogP contribution in [0.15, 0.2) is 48.5 Å². The Bertz CT molecular complexity index is 1040. The van der Waals surface area contributed by atoms with E-state index < -0.39 is 58.5 Å². The van der Waals surface area contributed by atoms with Gasteiger partial charge in [0, 0.05) is 18.1 Å². The molecule has 0 bridgehead atoms. The van der Waals surface area contributed by atoms with E-state index >= 15 is 0 Å². The number of ether oxygens (including phenoxy) is 1. The fourth-order valence-corrected chi connectivity index (χ4v) is 3.15. The lowest BCUT2D eigenvalue weighted by molar-refractivity contribution is -0.384. The Morgan fingerprint density at radius 1 is 1.12 bits per heavy atom. The van der Waals surface area contributed by atoms with E-state index in [0.717, 1.165) is 24.3 Å². The fourth-order valence-electron chi connectivity index (χ4n) is 3.15. The lowest BCUT2D eigenvalue weighted by Gasteiger charge is -2.25. The molecule has 12 heteroatoms. The fraction of sp³-hybridized carbons (Fsp3) is 0.286. The van der Waals surface area contributed by atoms with Crippen molar-refractivity contribution in [3.63, 3.8) is 0 Å². The summed E-state index contributed by atoms with van der Waals surface area (Å²) in [6.45, 7) is 1.50. The van der Waals surface area contributed by atoms with E-state index in [1.165, 1.54) is 25.1 Å². The van der Waals surface area contributed by atoms with E-state index in [1.807, 2.05) is 5.32 Å². The first-order valence-corrected chi connectivity index (χ1v) is 9.55. The minimum atomic E-state index is -4.87. The maximum atomic E-state index is 13.3. The number of alkyl halides is 3. The SMILES string of the molecule is CCOC(=O)C[C@H](c1ccc([N+](=O)[O-])cc1)[C@@H](NC(=O)c1ccccc1C(F)(F)F)C(=O)O. The monoisotopic (exact) mass is 468 g/mol. The summed E-state index contributed by atoms with van der Waals surface area (Å²) in [5.41, 5.74) is -2.23. The van der Waals surface area contributed by atoms with E-state index in [-0.39, 0.29) is 17.9 Å². The second kappa shape index (κ2) is 10.6. The Hall–Kier alpha value is -3.96. The maximum absolute atomic E-state index is 13.3. The smallest absolute Gasteiger partial charge is 0.417 e. The van der Waals surface area contributed by atoms with Crippen LogP contribution in [0.4, 0.5) is 18.9 Å². The van der Waals surface area contributed by atoms with Crippen LogP contribution in [0, 0.1) is 10.1 Å². The van der Waals surface area contributed by atoms with Crippen molar-refractivity contribution in [2.45, 2.75) is 31.5 Å². The van der Waals surface area contributed by atoms with Crippen molar-refractivity contribution in [3.05, 3.63) is 75.3 Å². The number of carboxylic acids is 1. The molecule has 0 aliphatic carbocycles. The summed E-state index contributed by atoms with van der Waals surface area (Å²) in [6.07, 6.45) is -5.42. The quantitative estimate of drug-likeness (QED) is 0.326. The van der Waals surface area contributed by atoms with Crippen LogP contribution >= 0.6 is 0 Å². The van der Waals surface area contributed by atoms with Crippen LogP contribution in [0.5, 0.6) is 0 Å². The van der Waals surface area contributed by atoms with Crippen LogP contribution < -0.4 is 5.32 Å². The molecular weight excluding hydrogens is 449 g/mol. The van der Waals surface area contributed by atoms with E-state index in [9.17, 15) is 42.8 Å². The number of hydrogen-bond donors (Lipinski definition) is 2. The van der Waals surface area contributed by atoms with E-state index in [2.05, 4.69) is 0 Å². The van der Waals surface area contributed by atoms with Gasteiger partial charge in [0.25, 0.3) is 11.6 Å². The van der Waals surface area contributed by atoms with Gasteiger partial charge in [0.2, 0.25) is 0 Å². The van der Waals surface area contributed by atoms with Crippen LogP contribution in [0.25, 0.3) is 0 Å². The molecule has 2 N–H and O–H groups in total. The average molecular weight is 468 g/mol. The van der Waals surface area contributed by atoms with Gasteiger partial charge in [-0.1, -0.05) is 24.3 Å². The normalized spacial score (nSPS) is 13.0. The highest BCUT2D eigenvalue weighted by Crippen LogP contribution is 2.32. The van der Waals surface area contributed by atoms with Gasteiger partial charge in [-0.05, 0) is 24.6 Å². The van der Waals surface area contributed by atoms with Gasteiger partial charge in [0.15, 0.2) is 0 Å². The predicted molar refractivity (Wildman–Crippen MR) is 107 cm³/mol. The molecule has 0 spiro atoms. The first-order valence-electron chi connectivity index (χ1n) is 9.55. The van der Waals surface area contributed by atoms with Gasteiger partial charge in [0.05, 0.1) is 29.1 Å². The summed E-state index contributed by atoms with van der Waals surface area (Å²) in [6, 6.07) is 6.55. The molecule has 0 aliphatic rings. The largest absolute Gasteiger partial charge is 0.480 e. The van der Waals surface area contributed by atoms with Crippen LogP contribution in [-0.4, -0.2) is 40.5 Å². The standard InChI is InChI=1S/C21H19F3N2O7/c1-2-33-17(27)11-15(12-7-9-13(10-8-12)26(31)32)18(20(29)30)25-19(28)14-5-3-4-6-16(14)21(22,23)24/h3-10,15,18H,2,11H2,1H3,(H,25,28)(H,29,30)/t15-,18-/m1/s1. The van der Waals surface area contributed by atoms with Crippen molar-refractivity contribution in [2.24, 2.45) is 0 Å². The molecule has 0 aliphatic heterocycles. The second-order valence-electron chi connectivity index (χ2n) is 6.80. The second-order valence-corrected chi connectivity index (χ2v) is 6.80. The molecule has 0 radical (unpaired) electrons. The predicted octanol–water partition coefficient (Wildman–Crippen LogP) is 3.53. The molecule has 33 heavy (non-hydrogen) atoms. The number of aliphatic carboxylic acids is 1. The number of non-ortho nitro benzene ring substituents is 1. The zero-order chi connectivity index (χ0) is 24.8. The number of hydrogen-bond acceptors (Lipinski definition) is 6. The molecule has 2 aromatic rings. The zero-order valence-electron chi connectivity index (χ0n) is 17.2. The number of nitrogens with zero attached hydrogens (tertiary/aromatic N) is 1. The Balaban J connectivity index is 2.45. The van der Waals surface area contributed by atoms with Crippen molar-refractivity contribution in [3.8, 4) is 0 Å². The van der Waals surface area contributed by atoms with E-state index in [0.29, 0.717) is 6.07 Å². The molecule has 9 nitrogen and oxygen atoms in total. The van der Waals surface area contributed by atoms with Crippen LogP contribution in [0.1, 0.15) is 40.7 Å². The number of carbonyl (C=O) groups excluding carboxylic acids is 2. The Morgan fingerprint density at radius 2 is 1.73 bits per heavy atom. The van der Waals surface area contributed by atoms with Gasteiger partial charge in [-0.15, -0.1) is 0 Å². The Morgan fingerprint density at radius 3 is 2.24 bits per heavy atom. The number of rotatable bonds is 9. The third-order valence-electron chi connectivity index (χ3n) is 4.66. The van der Waals surface area contributed by atoms with Crippen LogP contribution in [-0.2, 0) is 20.5 Å². The number of amides is 1. The molecule has 0 aromatic heterocycles. The van der Waals surface area contributed by atoms with E-state index in [1.54, 1.807) is 0 Å². The molecule has 0 fully saturated rings. The summed E-state index contributed by atoms with van der Waals surface area (Å²) in [7, 11) is 0. The highest BCUT2D eigenvalue weighted by atomic mass is 19.4. The summed E-state index contributed by atoms with van der Waals surface area (Å²) in [5.74, 6) is -5.05. The molecule has 0 unspecified atom stereocenters. The number of halogens is 3. The maximum Gasteiger partial charge on any atom is 0.417 e. The third kappa shape index (κ3) is 6.51. The van der Waals surface area contributed by atoms with Gasteiger partial charge < -0.3 is 15.2 Å². The lowest BCUT2D eigenvalue weighted by Crippen LogP contribution is -2.46. The van der Waals surface area contributed by atoms with Crippen LogP contribution in [0.2, 0.25) is 0 Å². The molecule has 2 atom stereocenters. The number of benzene rings is 2. The van der Waals surface area contributed by atoms with Gasteiger partial charge in [-0.3, -0.25) is 19.7 Å². The number of carbonyl (C=O) groups is 3. The highest BCUT2D eigenvalue weighted by molar-refractivity contribution is 5.98.